The lowest BCUT2D eigenvalue weighted by Crippen LogP contribution is -2.22. The van der Waals surface area contributed by atoms with Crippen molar-refractivity contribution in [1.82, 2.24) is 10.3 Å². The zero-order chi connectivity index (χ0) is 16.4. The van der Waals surface area contributed by atoms with Gasteiger partial charge in [-0.05, 0) is 68.2 Å². The number of aromatic nitrogens is 1. The Balaban J connectivity index is 1.35. The number of fused-ring (bicyclic) bond motifs is 1. The van der Waals surface area contributed by atoms with E-state index in [4.69, 9.17) is 4.74 Å². The molecule has 0 saturated heterocycles. The molecule has 0 radical (unpaired) electrons. The standard InChI is InChI=1S/C19H22N2O2S/c22-19(17-11-14-4-3-7-16(14)24-17)21-12-13-8-9-20-18(10-13)23-15-5-1-2-6-15/h8-11,15H,1-7,12H2,(H,21,22). The van der Waals surface area contributed by atoms with Gasteiger partial charge in [0.1, 0.15) is 6.10 Å². The predicted octanol–water partition coefficient (Wildman–Crippen LogP) is 3.88. The van der Waals surface area contributed by atoms with Gasteiger partial charge in [0.25, 0.3) is 5.91 Å². The number of nitrogens with one attached hydrogen (secondary N) is 1. The number of hydrogen-bond acceptors (Lipinski definition) is 4. The largest absolute Gasteiger partial charge is 0.474 e. The van der Waals surface area contributed by atoms with E-state index in [2.05, 4.69) is 16.4 Å². The first-order valence-corrected chi connectivity index (χ1v) is 9.61. The van der Waals surface area contributed by atoms with Gasteiger partial charge in [-0.2, -0.15) is 0 Å². The molecule has 0 unspecified atom stereocenters. The minimum Gasteiger partial charge on any atom is -0.474 e. The fourth-order valence-corrected chi connectivity index (χ4v) is 4.68. The Morgan fingerprint density at radius 1 is 1.25 bits per heavy atom. The van der Waals surface area contributed by atoms with Crippen LogP contribution in [0.3, 0.4) is 0 Å². The van der Waals surface area contributed by atoms with Crippen LogP contribution in [0.1, 0.15) is 57.8 Å². The number of hydrogen-bond donors (Lipinski definition) is 1. The van der Waals surface area contributed by atoms with E-state index in [-0.39, 0.29) is 5.91 Å². The molecule has 1 saturated carbocycles. The lowest BCUT2D eigenvalue weighted by atomic mass is 10.2. The third kappa shape index (κ3) is 3.46. The first-order chi connectivity index (χ1) is 11.8. The summed E-state index contributed by atoms with van der Waals surface area (Å²) in [6.45, 7) is 0.505. The summed E-state index contributed by atoms with van der Waals surface area (Å²) in [5.74, 6) is 0.688. The Bertz CT molecular complexity index is 713. The van der Waals surface area contributed by atoms with Gasteiger partial charge < -0.3 is 10.1 Å². The molecule has 0 atom stereocenters. The van der Waals surface area contributed by atoms with Crippen LogP contribution in [-0.2, 0) is 19.4 Å². The number of ether oxygens (including phenoxy) is 1. The topological polar surface area (TPSA) is 51.2 Å². The van der Waals surface area contributed by atoms with E-state index in [1.54, 1.807) is 17.5 Å². The van der Waals surface area contributed by atoms with Crippen LogP contribution >= 0.6 is 11.3 Å². The maximum atomic E-state index is 12.3. The smallest absolute Gasteiger partial charge is 0.261 e. The highest BCUT2D eigenvalue weighted by atomic mass is 32.1. The number of carbonyl (C=O) groups is 1. The molecule has 1 N–H and O–H groups in total. The fourth-order valence-electron chi connectivity index (χ4n) is 3.51. The molecule has 1 fully saturated rings. The van der Waals surface area contributed by atoms with E-state index in [1.165, 1.54) is 29.7 Å². The molecule has 4 nitrogen and oxygen atoms in total. The van der Waals surface area contributed by atoms with Crippen LogP contribution in [0, 0.1) is 0 Å². The van der Waals surface area contributed by atoms with Crippen molar-refractivity contribution in [2.24, 2.45) is 0 Å². The summed E-state index contributed by atoms with van der Waals surface area (Å²) in [6, 6.07) is 5.92. The molecule has 2 aliphatic rings. The summed E-state index contributed by atoms with van der Waals surface area (Å²) in [5, 5.41) is 3.01. The zero-order valence-corrected chi connectivity index (χ0v) is 14.5. The molecule has 2 aromatic rings. The second-order valence-corrected chi connectivity index (χ2v) is 7.76. The molecule has 2 aromatic heterocycles. The summed E-state index contributed by atoms with van der Waals surface area (Å²) in [5.41, 5.74) is 2.39. The molecule has 0 bridgehead atoms. The second kappa shape index (κ2) is 6.93. The lowest BCUT2D eigenvalue weighted by Gasteiger charge is -2.12. The van der Waals surface area contributed by atoms with Gasteiger partial charge in [0.15, 0.2) is 0 Å². The first-order valence-electron chi connectivity index (χ1n) is 8.79. The number of pyridine rings is 1. The number of rotatable bonds is 5. The average molecular weight is 342 g/mol. The Morgan fingerprint density at radius 2 is 2.12 bits per heavy atom. The average Bonchev–Trinajstić information content (AvgIpc) is 3.29. The summed E-state index contributed by atoms with van der Waals surface area (Å²) >= 11 is 1.64. The quantitative estimate of drug-likeness (QED) is 0.897. The lowest BCUT2D eigenvalue weighted by molar-refractivity contribution is 0.0954. The van der Waals surface area contributed by atoms with Crippen LogP contribution in [0.5, 0.6) is 5.88 Å². The van der Waals surface area contributed by atoms with Gasteiger partial charge in [-0.25, -0.2) is 4.98 Å². The molecule has 1 amide bonds. The van der Waals surface area contributed by atoms with Gasteiger partial charge >= 0.3 is 0 Å². The van der Waals surface area contributed by atoms with E-state index in [9.17, 15) is 4.79 Å². The van der Waals surface area contributed by atoms with Gasteiger partial charge in [0.05, 0.1) is 4.88 Å². The molecule has 0 spiro atoms. The zero-order valence-electron chi connectivity index (χ0n) is 13.7. The van der Waals surface area contributed by atoms with Crippen LogP contribution in [0.15, 0.2) is 24.4 Å². The van der Waals surface area contributed by atoms with Gasteiger partial charge in [0.2, 0.25) is 5.88 Å². The summed E-state index contributed by atoms with van der Waals surface area (Å²) in [4.78, 5) is 18.8. The predicted molar refractivity (Wildman–Crippen MR) is 94.6 cm³/mol. The first kappa shape index (κ1) is 15.6. The molecular weight excluding hydrogens is 320 g/mol. The summed E-state index contributed by atoms with van der Waals surface area (Å²) < 4.78 is 5.93. The van der Waals surface area contributed by atoms with E-state index >= 15 is 0 Å². The summed E-state index contributed by atoms with van der Waals surface area (Å²) in [6.07, 6.45) is 10.2. The van der Waals surface area contributed by atoms with Crippen molar-refractivity contribution in [3.05, 3.63) is 45.3 Å². The molecule has 126 valence electrons. The Kier molecular flexibility index (Phi) is 4.52. The number of aryl methyl sites for hydroxylation is 2. The molecule has 5 heteroatoms. The SMILES string of the molecule is O=C(NCc1ccnc(OC2CCCC2)c1)c1cc2c(s1)CCC2. The van der Waals surface area contributed by atoms with Gasteiger partial charge in [-0.3, -0.25) is 4.79 Å². The minimum absolute atomic E-state index is 0.0180. The van der Waals surface area contributed by atoms with Crippen LogP contribution in [-0.4, -0.2) is 17.0 Å². The van der Waals surface area contributed by atoms with Gasteiger partial charge in [-0.15, -0.1) is 11.3 Å². The third-order valence-corrected chi connectivity index (χ3v) is 6.05. The highest BCUT2D eigenvalue weighted by molar-refractivity contribution is 7.14. The van der Waals surface area contributed by atoms with Crippen LogP contribution in [0.4, 0.5) is 0 Å². The molecule has 2 aliphatic carbocycles. The molecule has 0 aromatic carbocycles. The molecule has 0 aliphatic heterocycles. The fraction of sp³-hybridized carbons (Fsp3) is 0.474. The maximum Gasteiger partial charge on any atom is 0.261 e. The van der Waals surface area contributed by atoms with E-state index in [0.717, 1.165) is 36.1 Å². The van der Waals surface area contributed by atoms with Gasteiger partial charge in [-0.1, -0.05) is 0 Å². The maximum absolute atomic E-state index is 12.3. The molecular formula is C19H22N2O2S. The highest BCUT2D eigenvalue weighted by Gasteiger charge is 2.19. The number of thiophene rings is 1. The molecule has 4 rings (SSSR count). The van der Waals surface area contributed by atoms with Crippen molar-refractivity contribution >= 4 is 17.2 Å². The van der Waals surface area contributed by atoms with Crippen LogP contribution < -0.4 is 10.1 Å². The van der Waals surface area contributed by atoms with Crippen molar-refractivity contribution in [3.63, 3.8) is 0 Å². The van der Waals surface area contributed by atoms with Gasteiger partial charge in [0, 0.05) is 23.7 Å². The van der Waals surface area contributed by atoms with Crippen molar-refractivity contribution < 1.29 is 9.53 Å². The minimum atomic E-state index is 0.0180. The molecule has 2 heterocycles. The number of amides is 1. The van der Waals surface area contributed by atoms with E-state index < -0.39 is 0 Å². The summed E-state index contributed by atoms with van der Waals surface area (Å²) in [7, 11) is 0. The Morgan fingerprint density at radius 3 is 2.96 bits per heavy atom. The third-order valence-electron chi connectivity index (χ3n) is 4.81. The highest BCUT2D eigenvalue weighted by Crippen LogP contribution is 2.30. The Labute approximate surface area is 146 Å². The Hall–Kier alpha value is -1.88. The second-order valence-electron chi connectivity index (χ2n) is 6.62. The van der Waals surface area contributed by atoms with E-state index in [0.29, 0.717) is 18.5 Å². The van der Waals surface area contributed by atoms with Crippen molar-refractivity contribution in [1.29, 1.82) is 0 Å². The molecule has 24 heavy (non-hydrogen) atoms. The number of carbonyl (C=O) groups excluding carboxylic acids is 1. The van der Waals surface area contributed by atoms with Crippen LogP contribution in [0.25, 0.3) is 0 Å². The monoisotopic (exact) mass is 342 g/mol. The normalized spacial score (nSPS) is 17.0. The van der Waals surface area contributed by atoms with Crippen molar-refractivity contribution in [2.45, 2.75) is 57.6 Å². The van der Waals surface area contributed by atoms with E-state index in [1.807, 2.05) is 12.1 Å². The van der Waals surface area contributed by atoms with Crippen LogP contribution in [0.2, 0.25) is 0 Å². The van der Waals surface area contributed by atoms with Crippen molar-refractivity contribution in [2.75, 3.05) is 0 Å². The number of nitrogens with zero attached hydrogens (tertiary/aromatic N) is 1. The van der Waals surface area contributed by atoms with Crippen molar-refractivity contribution in [3.8, 4) is 5.88 Å².